The molecular weight excluding hydrogens is 210 g/mol. The molecule has 1 saturated carbocycles. The van der Waals surface area contributed by atoms with E-state index in [0.717, 1.165) is 24.4 Å². The van der Waals surface area contributed by atoms with Gasteiger partial charge in [-0.05, 0) is 64.7 Å². The number of hydrogen-bond donors (Lipinski definition) is 1. The fourth-order valence-corrected chi connectivity index (χ4v) is 3.73. The molecule has 1 aliphatic carbocycles. The van der Waals surface area contributed by atoms with E-state index in [1.165, 1.54) is 51.7 Å². The van der Waals surface area contributed by atoms with E-state index in [1.54, 1.807) is 0 Å². The van der Waals surface area contributed by atoms with Gasteiger partial charge in [0, 0.05) is 19.1 Å². The van der Waals surface area contributed by atoms with Crippen LogP contribution in [0.3, 0.4) is 0 Å². The van der Waals surface area contributed by atoms with Crippen LogP contribution >= 0.6 is 0 Å². The van der Waals surface area contributed by atoms with Crippen LogP contribution < -0.4 is 5.73 Å². The number of likely N-dealkylation sites (N-methyl/N-ethyl adjacent to an activating group) is 1. The van der Waals surface area contributed by atoms with E-state index in [-0.39, 0.29) is 0 Å². The summed E-state index contributed by atoms with van der Waals surface area (Å²) in [6, 6.07) is 0.795. The molecular formula is C14H29N3. The maximum atomic E-state index is 5.89. The molecule has 1 saturated heterocycles. The van der Waals surface area contributed by atoms with E-state index in [0.29, 0.717) is 0 Å². The SMILES string of the molecule is CN(C)CC1CCCN1CC1CCCC1CN. The van der Waals surface area contributed by atoms with E-state index in [2.05, 4.69) is 23.9 Å². The molecule has 100 valence electrons. The van der Waals surface area contributed by atoms with Crippen molar-refractivity contribution in [3.8, 4) is 0 Å². The van der Waals surface area contributed by atoms with Crippen molar-refractivity contribution in [2.75, 3.05) is 40.3 Å². The zero-order valence-corrected chi connectivity index (χ0v) is 11.6. The summed E-state index contributed by atoms with van der Waals surface area (Å²) in [4.78, 5) is 5.07. The zero-order chi connectivity index (χ0) is 12.3. The van der Waals surface area contributed by atoms with Crippen molar-refractivity contribution in [2.45, 2.75) is 38.1 Å². The van der Waals surface area contributed by atoms with Crippen molar-refractivity contribution >= 4 is 0 Å². The standard InChI is InChI=1S/C14H29N3/c1-16(2)11-14-7-4-8-17(14)10-13-6-3-5-12(13)9-15/h12-14H,3-11,15H2,1-2H3. The highest BCUT2D eigenvalue weighted by Gasteiger charge is 2.32. The minimum atomic E-state index is 0.795. The predicted octanol–water partition coefficient (Wildman–Crippen LogP) is 1.39. The Hall–Kier alpha value is -0.120. The average Bonchev–Trinajstić information content (AvgIpc) is 2.88. The Morgan fingerprint density at radius 2 is 1.88 bits per heavy atom. The topological polar surface area (TPSA) is 32.5 Å². The second-order valence-electron chi connectivity index (χ2n) is 6.24. The third kappa shape index (κ3) is 3.43. The summed E-state index contributed by atoms with van der Waals surface area (Å²) in [5.74, 6) is 1.68. The van der Waals surface area contributed by atoms with Gasteiger partial charge in [-0.15, -0.1) is 0 Å². The van der Waals surface area contributed by atoms with E-state index >= 15 is 0 Å². The molecule has 3 heteroatoms. The molecule has 2 aliphatic rings. The highest BCUT2D eigenvalue weighted by Crippen LogP contribution is 2.33. The van der Waals surface area contributed by atoms with Crippen molar-refractivity contribution in [1.82, 2.24) is 9.80 Å². The lowest BCUT2D eigenvalue weighted by Gasteiger charge is -2.31. The lowest BCUT2D eigenvalue weighted by Crippen LogP contribution is -2.41. The van der Waals surface area contributed by atoms with Crippen LogP contribution in [0.4, 0.5) is 0 Å². The molecule has 0 aromatic carbocycles. The molecule has 2 N–H and O–H groups in total. The van der Waals surface area contributed by atoms with Crippen LogP contribution in [0.25, 0.3) is 0 Å². The van der Waals surface area contributed by atoms with Gasteiger partial charge in [-0.1, -0.05) is 6.42 Å². The smallest absolute Gasteiger partial charge is 0.0223 e. The van der Waals surface area contributed by atoms with Gasteiger partial charge in [0.1, 0.15) is 0 Å². The molecule has 0 aromatic heterocycles. The molecule has 2 rings (SSSR count). The van der Waals surface area contributed by atoms with E-state index in [9.17, 15) is 0 Å². The van der Waals surface area contributed by atoms with Crippen molar-refractivity contribution in [3.05, 3.63) is 0 Å². The van der Waals surface area contributed by atoms with Crippen molar-refractivity contribution in [1.29, 1.82) is 0 Å². The number of rotatable bonds is 5. The molecule has 0 bridgehead atoms. The van der Waals surface area contributed by atoms with Crippen LogP contribution in [0.1, 0.15) is 32.1 Å². The van der Waals surface area contributed by atoms with Gasteiger partial charge in [0.2, 0.25) is 0 Å². The Morgan fingerprint density at radius 3 is 2.59 bits per heavy atom. The Balaban J connectivity index is 1.84. The van der Waals surface area contributed by atoms with Gasteiger partial charge >= 0.3 is 0 Å². The maximum Gasteiger partial charge on any atom is 0.0223 e. The monoisotopic (exact) mass is 239 g/mol. The lowest BCUT2D eigenvalue weighted by molar-refractivity contribution is 0.167. The average molecular weight is 239 g/mol. The molecule has 0 spiro atoms. The third-order valence-corrected chi connectivity index (χ3v) is 4.66. The first-order valence-electron chi connectivity index (χ1n) is 7.29. The zero-order valence-electron chi connectivity index (χ0n) is 11.6. The summed E-state index contributed by atoms with van der Waals surface area (Å²) in [5, 5.41) is 0. The summed E-state index contributed by atoms with van der Waals surface area (Å²) in [7, 11) is 4.38. The molecule has 0 radical (unpaired) electrons. The second kappa shape index (κ2) is 6.17. The lowest BCUT2D eigenvalue weighted by atomic mass is 9.95. The quantitative estimate of drug-likeness (QED) is 0.787. The van der Waals surface area contributed by atoms with E-state index < -0.39 is 0 Å². The highest BCUT2D eigenvalue weighted by molar-refractivity contribution is 4.86. The normalized spacial score (nSPS) is 34.9. The van der Waals surface area contributed by atoms with Gasteiger partial charge in [0.25, 0.3) is 0 Å². The molecule has 1 aliphatic heterocycles. The van der Waals surface area contributed by atoms with Gasteiger partial charge in [-0.2, -0.15) is 0 Å². The second-order valence-corrected chi connectivity index (χ2v) is 6.24. The summed E-state index contributed by atoms with van der Waals surface area (Å²) in [6.07, 6.45) is 6.95. The minimum absolute atomic E-state index is 0.795. The first kappa shape index (κ1) is 13.3. The van der Waals surface area contributed by atoms with Crippen LogP contribution in [0.5, 0.6) is 0 Å². The highest BCUT2D eigenvalue weighted by atomic mass is 15.2. The van der Waals surface area contributed by atoms with Gasteiger partial charge in [0.15, 0.2) is 0 Å². The molecule has 2 fully saturated rings. The summed E-state index contributed by atoms with van der Waals surface area (Å²) in [6.45, 7) is 4.74. The first-order valence-corrected chi connectivity index (χ1v) is 7.29. The van der Waals surface area contributed by atoms with Crippen LogP contribution in [0.15, 0.2) is 0 Å². The number of nitrogens with zero attached hydrogens (tertiary/aromatic N) is 2. The summed E-state index contributed by atoms with van der Waals surface area (Å²) in [5.41, 5.74) is 5.89. The van der Waals surface area contributed by atoms with E-state index in [1.807, 2.05) is 0 Å². The molecule has 3 atom stereocenters. The Labute approximate surface area is 106 Å². The Kier molecular flexibility index (Phi) is 4.83. The fraction of sp³-hybridized carbons (Fsp3) is 1.00. The van der Waals surface area contributed by atoms with Gasteiger partial charge in [0.05, 0.1) is 0 Å². The van der Waals surface area contributed by atoms with Crippen molar-refractivity contribution < 1.29 is 0 Å². The molecule has 3 unspecified atom stereocenters. The van der Waals surface area contributed by atoms with Gasteiger partial charge < -0.3 is 10.6 Å². The summed E-state index contributed by atoms with van der Waals surface area (Å²) < 4.78 is 0. The van der Waals surface area contributed by atoms with E-state index in [4.69, 9.17) is 5.73 Å². The van der Waals surface area contributed by atoms with Gasteiger partial charge in [-0.3, -0.25) is 4.90 Å². The summed E-state index contributed by atoms with van der Waals surface area (Å²) >= 11 is 0. The van der Waals surface area contributed by atoms with Crippen molar-refractivity contribution in [3.63, 3.8) is 0 Å². The predicted molar refractivity (Wildman–Crippen MR) is 73.0 cm³/mol. The minimum Gasteiger partial charge on any atom is -0.330 e. The molecule has 0 aromatic rings. The van der Waals surface area contributed by atoms with Gasteiger partial charge in [-0.25, -0.2) is 0 Å². The van der Waals surface area contributed by atoms with Crippen LogP contribution in [0.2, 0.25) is 0 Å². The number of likely N-dealkylation sites (tertiary alicyclic amines) is 1. The fourth-order valence-electron chi connectivity index (χ4n) is 3.73. The molecule has 0 amide bonds. The van der Waals surface area contributed by atoms with Crippen molar-refractivity contribution in [2.24, 2.45) is 17.6 Å². The molecule has 1 heterocycles. The number of hydrogen-bond acceptors (Lipinski definition) is 3. The largest absolute Gasteiger partial charge is 0.330 e. The maximum absolute atomic E-state index is 5.89. The van der Waals surface area contributed by atoms with Crippen LogP contribution in [-0.2, 0) is 0 Å². The first-order chi connectivity index (χ1) is 8.20. The van der Waals surface area contributed by atoms with Crippen LogP contribution in [0, 0.1) is 11.8 Å². The Morgan fingerprint density at radius 1 is 1.12 bits per heavy atom. The molecule has 17 heavy (non-hydrogen) atoms. The Bertz CT molecular complexity index is 230. The number of nitrogens with two attached hydrogens (primary N) is 1. The molecule has 3 nitrogen and oxygen atoms in total. The van der Waals surface area contributed by atoms with Crippen LogP contribution in [-0.4, -0.2) is 56.1 Å². The third-order valence-electron chi connectivity index (χ3n) is 4.66.